The van der Waals surface area contributed by atoms with Gasteiger partial charge in [0.2, 0.25) is 0 Å². The van der Waals surface area contributed by atoms with E-state index in [1.807, 2.05) is 0 Å². The topological polar surface area (TPSA) is 78.5 Å². The van der Waals surface area contributed by atoms with Gasteiger partial charge in [0, 0.05) is 0 Å². The third-order valence-corrected chi connectivity index (χ3v) is 3.12. The number of nitrogen functional groups attached to an aromatic ring is 1. The molecule has 2 unspecified atom stereocenters. The molecule has 0 aliphatic rings. The monoisotopic (exact) mass is 278 g/mol. The first-order valence-electron chi connectivity index (χ1n) is 5.22. The molecule has 0 radical (unpaired) electrons. The summed E-state index contributed by atoms with van der Waals surface area (Å²) in [5.41, 5.74) is 6.32. The third-order valence-electron chi connectivity index (χ3n) is 2.50. The van der Waals surface area contributed by atoms with Crippen molar-refractivity contribution < 1.29 is 10.2 Å². The van der Waals surface area contributed by atoms with E-state index in [1.165, 1.54) is 12.1 Å². The van der Waals surface area contributed by atoms with Crippen LogP contribution in [0.25, 0.3) is 0 Å². The van der Waals surface area contributed by atoms with Crippen molar-refractivity contribution in [2.24, 2.45) is 0 Å². The van der Waals surface area contributed by atoms with Crippen LogP contribution in [-0.4, -0.2) is 29.9 Å². The van der Waals surface area contributed by atoms with Crippen LogP contribution in [0.4, 0.5) is 5.69 Å². The standard InChI is InChI=1S/C11H16Cl2N2O2/c1-15-3-2-9(16)11(17)6-4-7(12)10(14)8(13)5-6/h4-5,9,11,15-17H,2-3,14H2,1H3. The van der Waals surface area contributed by atoms with Gasteiger partial charge < -0.3 is 21.3 Å². The predicted octanol–water partition coefficient (Wildman–Crippen LogP) is 1.58. The smallest absolute Gasteiger partial charge is 0.105 e. The molecule has 5 N–H and O–H groups in total. The van der Waals surface area contributed by atoms with Crippen molar-refractivity contribution >= 4 is 28.9 Å². The first kappa shape index (κ1) is 14.5. The minimum Gasteiger partial charge on any atom is -0.396 e. The summed E-state index contributed by atoms with van der Waals surface area (Å²) < 4.78 is 0. The van der Waals surface area contributed by atoms with Crippen molar-refractivity contribution in [3.05, 3.63) is 27.7 Å². The van der Waals surface area contributed by atoms with Crippen LogP contribution in [0.15, 0.2) is 12.1 Å². The lowest BCUT2D eigenvalue weighted by molar-refractivity contribution is 0.0140. The number of hydrogen-bond acceptors (Lipinski definition) is 4. The van der Waals surface area contributed by atoms with E-state index in [9.17, 15) is 10.2 Å². The normalized spacial score (nSPS) is 14.6. The van der Waals surface area contributed by atoms with E-state index in [1.54, 1.807) is 7.05 Å². The molecule has 1 rings (SSSR count). The van der Waals surface area contributed by atoms with Gasteiger partial charge in [-0.2, -0.15) is 0 Å². The van der Waals surface area contributed by atoms with Crippen LogP contribution in [0.3, 0.4) is 0 Å². The van der Waals surface area contributed by atoms with E-state index in [-0.39, 0.29) is 15.7 Å². The Bertz CT molecular complexity index is 365. The lowest BCUT2D eigenvalue weighted by Gasteiger charge is -2.19. The summed E-state index contributed by atoms with van der Waals surface area (Å²) in [5, 5.41) is 23.1. The lowest BCUT2D eigenvalue weighted by Crippen LogP contribution is -2.23. The SMILES string of the molecule is CNCCC(O)C(O)c1cc(Cl)c(N)c(Cl)c1. The van der Waals surface area contributed by atoms with Gasteiger partial charge in [0.1, 0.15) is 6.10 Å². The Hall–Kier alpha value is -0.520. The minimum absolute atomic E-state index is 0.271. The van der Waals surface area contributed by atoms with Gasteiger partial charge in [0.05, 0.1) is 21.8 Å². The van der Waals surface area contributed by atoms with Crippen LogP contribution in [0.2, 0.25) is 10.0 Å². The number of halogens is 2. The predicted molar refractivity (Wildman–Crippen MR) is 70.4 cm³/mol. The highest BCUT2D eigenvalue weighted by Crippen LogP contribution is 2.32. The van der Waals surface area contributed by atoms with Crippen molar-refractivity contribution in [1.82, 2.24) is 5.32 Å². The summed E-state index contributed by atoms with van der Waals surface area (Å²) in [6, 6.07) is 3.02. The molecule has 6 heteroatoms. The zero-order valence-corrected chi connectivity index (χ0v) is 11.0. The van der Waals surface area contributed by atoms with Crippen LogP contribution < -0.4 is 11.1 Å². The van der Waals surface area contributed by atoms with Crippen molar-refractivity contribution in [3.8, 4) is 0 Å². The van der Waals surface area contributed by atoms with Gasteiger partial charge in [0.25, 0.3) is 0 Å². The number of benzene rings is 1. The molecule has 0 saturated carbocycles. The molecular formula is C11H16Cl2N2O2. The number of hydrogen-bond donors (Lipinski definition) is 4. The number of nitrogens with one attached hydrogen (secondary N) is 1. The molecule has 0 amide bonds. The summed E-state index contributed by atoms with van der Waals surface area (Å²) in [6.07, 6.45) is -1.48. The van der Waals surface area contributed by atoms with E-state index in [0.29, 0.717) is 18.5 Å². The molecule has 96 valence electrons. The molecule has 0 fully saturated rings. The minimum atomic E-state index is -1.03. The van der Waals surface area contributed by atoms with Crippen molar-refractivity contribution in [2.75, 3.05) is 19.3 Å². The zero-order chi connectivity index (χ0) is 13.0. The Morgan fingerprint density at radius 3 is 2.29 bits per heavy atom. The molecule has 0 heterocycles. The van der Waals surface area contributed by atoms with Gasteiger partial charge in [-0.1, -0.05) is 23.2 Å². The van der Waals surface area contributed by atoms with Crippen molar-refractivity contribution in [3.63, 3.8) is 0 Å². The first-order valence-corrected chi connectivity index (χ1v) is 5.98. The van der Waals surface area contributed by atoms with Crippen LogP contribution >= 0.6 is 23.2 Å². The Balaban J connectivity index is 2.85. The first-order chi connectivity index (χ1) is 7.97. The molecule has 0 aromatic heterocycles. The van der Waals surface area contributed by atoms with Gasteiger partial charge in [0.15, 0.2) is 0 Å². The maximum absolute atomic E-state index is 9.92. The molecule has 0 spiro atoms. The average Bonchev–Trinajstić information content (AvgIpc) is 2.31. The van der Waals surface area contributed by atoms with E-state index >= 15 is 0 Å². The molecule has 4 nitrogen and oxygen atoms in total. The Kier molecular flexibility index (Phi) is 5.49. The summed E-state index contributed by atoms with van der Waals surface area (Å²) in [5.74, 6) is 0. The third kappa shape index (κ3) is 3.72. The summed E-state index contributed by atoms with van der Waals surface area (Å²) in [7, 11) is 1.77. The van der Waals surface area contributed by atoms with E-state index in [4.69, 9.17) is 28.9 Å². The number of anilines is 1. The molecule has 17 heavy (non-hydrogen) atoms. The number of nitrogens with two attached hydrogens (primary N) is 1. The molecule has 1 aromatic carbocycles. The fourth-order valence-electron chi connectivity index (χ4n) is 1.45. The molecule has 0 saturated heterocycles. The van der Waals surface area contributed by atoms with Crippen LogP contribution in [0.1, 0.15) is 18.1 Å². The van der Waals surface area contributed by atoms with Gasteiger partial charge in [-0.05, 0) is 37.7 Å². The Labute approximate surface area is 110 Å². The molecule has 0 aliphatic carbocycles. The lowest BCUT2D eigenvalue weighted by atomic mass is 10.0. The number of rotatable bonds is 5. The van der Waals surface area contributed by atoms with Gasteiger partial charge in [-0.25, -0.2) is 0 Å². The maximum Gasteiger partial charge on any atom is 0.105 e. The fraction of sp³-hybridized carbons (Fsp3) is 0.455. The zero-order valence-electron chi connectivity index (χ0n) is 9.45. The second-order valence-corrected chi connectivity index (χ2v) is 4.62. The van der Waals surface area contributed by atoms with Crippen LogP contribution in [-0.2, 0) is 0 Å². The van der Waals surface area contributed by atoms with E-state index in [0.717, 1.165) is 0 Å². The maximum atomic E-state index is 9.92. The highest BCUT2D eigenvalue weighted by Gasteiger charge is 2.19. The second-order valence-electron chi connectivity index (χ2n) is 3.80. The van der Waals surface area contributed by atoms with E-state index < -0.39 is 12.2 Å². The number of aliphatic hydroxyl groups excluding tert-OH is 2. The molecule has 2 atom stereocenters. The summed E-state index contributed by atoms with van der Waals surface area (Å²) in [6.45, 7) is 0.606. The molecular weight excluding hydrogens is 263 g/mol. The molecule has 0 aliphatic heterocycles. The van der Waals surface area contributed by atoms with Gasteiger partial charge in [-0.3, -0.25) is 0 Å². The van der Waals surface area contributed by atoms with Crippen LogP contribution in [0.5, 0.6) is 0 Å². The second kappa shape index (κ2) is 6.42. The Morgan fingerprint density at radius 2 is 1.82 bits per heavy atom. The van der Waals surface area contributed by atoms with Gasteiger partial charge in [-0.15, -0.1) is 0 Å². The molecule has 1 aromatic rings. The van der Waals surface area contributed by atoms with E-state index in [2.05, 4.69) is 5.32 Å². The number of aliphatic hydroxyl groups is 2. The van der Waals surface area contributed by atoms with Crippen molar-refractivity contribution in [1.29, 1.82) is 0 Å². The van der Waals surface area contributed by atoms with Gasteiger partial charge >= 0.3 is 0 Å². The highest BCUT2D eigenvalue weighted by molar-refractivity contribution is 6.38. The van der Waals surface area contributed by atoms with Crippen molar-refractivity contribution in [2.45, 2.75) is 18.6 Å². The highest BCUT2D eigenvalue weighted by atomic mass is 35.5. The van der Waals surface area contributed by atoms with Crippen LogP contribution in [0, 0.1) is 0 Å². The largest absolute Gasteiger partial charge is 0.396 e. The Morgan fingerprint density at radius 1 is 1.29 bits per heavy atom. The molecule has 0 bridgehead atoms. The fourth-order valence-corrected chi connectivity index (χ4v) is 1.95. The summed E-state index contributed by atoms with van der Waals surface area (Å²) >= 11 is 11.7. The summed E-state index contributed by atoms with van der Waals surface area (Å²) in [4.78, 5) is 0. The average molecular weight is 279 g/mol. The quantitative estimate of drug-likeness (QED) is 0.617.